The largest absolute Gasteiger partial charge is 0.481 e. The normalized spacial score (nSPS) is 34.7. The van der Waals surface area contributed by atoms with Gasteiger partial charge in [-0.2, -0.15) is 0 Å². The lowest BCUT2D eigenvalue weighted by molar-refractivity contribution is -0.335. The van der Waals surface area contributed by atoms with Crippen molar-refractivity contribution in [2.45, 2.75) is 81.3 Å². The van der Waals surface area contributed by atoms with Crippen LogP contribution < -0.4 is 10.6 Å². The number of carbonyl (C=O) groups is 2. The summed E-state index contributed by atoms with van der Waals surface area (Å²) in [6.07, 6.45) is 3.39. The molecule has 8 unspecified atom stereocenters. The van der Waals surface area contributed by atoms with Crippen molar-refractivity contribution < 1.29 is 54.1 Å². The van der Waals surface area contributed by atoms with Gasteiger partial charge < -0.3 is 49.5 Å². The lowest BCUT2D eigenvalue weighted by Gasteiger charge is -2.53. The molecular formula is C31H41NO11. The van der Waals surface area contributed by atoms with E-state index in [4.69, 9.17) is 18.9 Å². The van der Waals surface area contributed by atoms with Crippen LogP contribution in [-0.2, 0) is 28.5 Å². The number of rotatable bonds is 10. The van der Waals surface area contributed by atoms with Crippen molar-refractivity contribution in [3.8, 4) is 0 Å². The number of aromatic nitrogens is 1. The van der Waals surface area contributed by atoms with Gasteiger partial charge in [0.15, 0.2) is 11.9 Å². The summed E-state index contributed by atoms with van der Waals surface area (Å²) in [5.74, 6) is -2.75. The molecule has 8 atom stereocenters. The molecule has 1 saturated heterocycles. The van der Waals surface area contributed by atoms with E-state index in [1.807, 2.05) is 0 Å². The third-order valence-electron chi connectivity index (χ3n) is 9.46. The van der Waals surface area contributed by atoms with E-state index in [0.717, 1.165) is 12.8 Å². The third kappa shape index (κ3) is 5.45. The molecule has 12 nitrogen and oxygen atoms in total. The Morgan fingerprint density at radius 3 is 2.58 bits per heavy atom. The zero-order chi connectivity index (χ0) is 30.9. The predicted molar refractivity (Wildman–Crippen MR) is 151 cm³/mol. The minimum absolute atomic E-state index is 0.0801. The fourth-order valence-electron chi connectivity index (χ4n) is 7.44. The number of methoxy groups -OCH3 is 1. The van der Waals surface area contributed by atoms with Crippen molar-refractivity contribution in [3.63, 3.8) is 0 Å². The second kappa shape index (κ2) is 12.5. The number of ether oxygens (including phenoxy) is 4. The van der Waals surface area contributed by atoms with Gasteiger partial charge in [-0.05, 0) is 31.4 Å². The molecular weight excluding hydrogens is 562 g/mol. The Hall–Kier alpha value is -3.00. The highest BCUT2D eigenvalue weighted by Crippen LogP contribution is 2.54. The summed E-state index contributed by atoms with van der Waals surface area (Å²) >= 11 is 0. The number of aliphatic hydroxyl groups is 4. The summed E-state index contributed by atoms with van der Waals surface area (Å²) in [4.78, 5) is 27.8. The number of hydrogen-bond donors (Lipinski definition) is 6. The first kappa shape index (κ1) is 31.4. The Bertz CT molecular complexity index is 1360. The van der Waals surface area contributed by atoms with Gasteiger partial charge in [0.25, 0.3) is 0 Å². The number of nitrogens with one attached hydrogen (secondary N) is 1. The topological polar surface area (TPSA) is 188 Å². The Kier molecular flexibility index (Phi) is 9.17. The highest BCUT2D eigenvalue weighted by molar-refractivity contribution is 5.90. The van der Waals surface area contributed by atoms with Gasteiger partial charge in [-0.25, -0.2) is 4.79 Å². The number of aliphatic carboxylic acids is 1. The summed E-state index contributed by atoms with van der Waals surface area (Å²) in [7, 11) is 1.25. The van der Waals surface area contributed by atoms with E-state index in [2.05, 4.69) is 11.6 Å². The van der Waals surface area contributed by atoms with Crippen LogP contribution in [0.2, 0.25) is 0 Å². The number of carboxylic acids is 1. The minimum Gasteiger partial charge on any atom is -0.481 e. The number of carbonyl (C=O) groups excluding carboxylic acids is 1. The highest BCUT2D eigenvalue weighted by atomic mass is 16.7. The summed E-state index contributed by atoms with van der Waals surface area (Å²) in [5, 5.41) is 54.1. The van der Waals surface area contributed by atoms with Crippen LogP contribution in [0.5, 0.6) is 0 Å². The van der Waals surface area contributed by atoms with E-state index in [1.165, 1.54) is 7.11 Å². The van der Waals surface area contributed by atoms with Gasteiger partial charge in [0.1, 0.15) is 24.1 Å². The van der Waals surface area contributed by atoms with E-state index in [9.17, 15) is 35.1 Å². The van der Waals surface area contributed by atoms with E-state index in [0.29, 0.717) is 42.0 Å². The van der Waals surface area contributed by atoms with E-state index in [1.54, 1.807) is 30.5 Å². The summed E-state index contributed by atoms with van der Waals surface area (Å²) < 4.78 is 24.0. The van der Waals surface area contributed by atoms with Crippen LogP contribution in [0, 0.1) is 17.3 Å². The van der Waals surface area contributed by atoms with Crippen molar-refractivity contribution in [1.29, 1.82) is 0 Å². The van der Waals surface area contributed by atoms with Crippen LogP contribution in [0.4, 0.5) is 0 Å². The van der Waals surface area contributed by atoms with Crippen LogP contribution >= 0.6 is 0 Å². The fourth-order valence-corrected chi connectivity index (χ4v) is 7.44. The predicted octanol–water partition coefficient (Wildman–Crippen LogP) is -0.164. The standard InChI is InChI=1S/C31H41NO11/c1-3-18-19(13-23(35)36)20(28(39)40-2)15-30(9-4-5-10-30)27(18)42-29-25(37)26(38)31(22(16-34)41-29)14-17-8-11-32-24(17)21(43-31)7-6-12-33/h3,8,11,14-15,18-19,22,25-27,29,32-34,37-38H,1,4-7,9-10,12-13,16H2,2H3,(H,35,36). The lowest BCUT2D eigenvalue weighted by Crippen LogP contribution is -2.69. The molecule has 0 radical (unpaired) electrons. The third-order valence-corrected chi connectivity index (χ3v) is 9.46. The first-order chi connectivity index (χ1) is 20.6. The average molecular weight is 604 g/mol. The zero-order valence-electron chi connectivity index (χ0n) is 24.2. The molecule has 5 rings (SSSR count). The maximum Gasteiger partial charge on any atom is 0.333 e. The van der Waals surface area contributed by atoms with Crippen molar-refractivity contribution in [3.05, 3.63) is 47.1 Å². The van der Waals surface area contributed by atoms with Crippen LogP contribution in [0.25, 0.3) is 11.8 Å². The average Bonchev–Trinajstić information content (AvgIpc) is 3.67. The summed E-state index contributed by atoms with van der Waals surface area (Å²) in [6.45, 7) is 3.29. The molecule has 6 N–H and O–H groups in total. The molecule has 0 bridgehead atoms. The number of hydrogen-bond acceptors (Lipinski definition) is 10. The maximum atomic E-state index is 12.8. The van der Waals surface area contributed by atoms with Gasteiger partial charge in [-0.15, -0.1) is 6.58 Å². The Labute approximate surface area is 248 Å². The van der Waals surface area contributed by atoms with Crippen LogP contribution in [0.1, 0.15) is 44.9 Å². The lowest BCUT2D eigenvalue weighted by atomic mass is 9.62. The SMILES string of the molecule is C=CC1C(CC(=O)O)C(C(=O)OC)=CC2(CCCC2)C1OC1OC(CO)C2(C=c3cc[nH]c3=C(CCCO)O2)C(O)C1O. The van der Waals surface area contributed by atoms with E-state index < -0.39 is 72.1 Å². The van der Waals surface area contributed by atoms with E-state index >= 15 is 0 Å². The molecule has 236 valence electrons. The summed E-state index contributed by atoms with van der Waals surface area (Å²) in [6, 6.07) is 1.78. The second-order valence-electron chi connectivity index (χ2n) is 11.9. The number of carboxylic acid groups (broad SMARTS) is 1. The zero-order valence-corrected chi connectivity index (χ0v) is 24.2. The summed E-state index contributed by atoms with van der Waals surface area (Å²) in [5.41, 5.74) is -2.10. The molecule has 4 aliphatic rings. The molecule has 0 aromatic carbocycles. The van der Waals surface area contributed by atoms with Crippen LogP contribution in [0.15, 0.2) is 36.6 Å². The number of fused-ring (bicyclic) bond motifs is 1. The van der Waals surface area contributed by atoms with Crippen molar-refractivity contribution in [2.24, 2.45) is 17.3 Å². The fraction of sp³-hybridized carbons (Fsp3) is 0.613. The number of aliphatic hydroxyl groups excluding tert-OH is 4. The Morgan fingerprint density at radius 2 is 1.95 bits per heavy atom. The molecule has 2 fully saturated rings. The Morgan fingerprint density at radius 1 is 1.21 bits per heavy atom. The van der Waals surface area contributed by atoms with Gasteiger partial charge in [-0.1, -0.05) is 25.0 Å². The molecule has 1 saturated carbocycles. The maximum absolute atomic E-state index is 12.8. The van der Waals surface area contributed by atoms with Crippen LogP contribution in [0.3, 0.4) is 0 Å². The molecule has 12 heteroatoms. The molecule has 1 aromatic rings. The molecule has 1 aromatic heterocycles. The van der Waals surface area contributed by atoms with Gasteiger partial charge in [0.2, 0.25) is 0 Å². The van der Waals surface area contributed by atoms with Crippen molar-refractivity contribution in [1.82, 2.24) is 4.98 Å². The number of aromatic amines is 1. The highest BCUT2D eigenvalue weighted by Gasteiger charge is 2.60. The van der Waals surface area contributed by atoms with E-state index in [-0.39, 0.29) is 18.6 Å². The molecule has 2 spiro atoms. The quantitative estimate of drug-likeness (QED) is 0.154. The van der Waals surface area contributed by atoms with Gasteiger partial charge >= 0.3 is 11.9 Å². The first-order valence-electron chi connectivity index (χ1n) is 14.8. The molecule has 43 heavy (non-hydrogen) atoms. The smallest absolute Gasteiger partial charge is 0.333 e. The van der Waals surface area contributed by atoms with Crippen LogP contribution in [-0.4, -0.2) is 99.1 Å². The number of H-pyrrole nitrogens is 1. The molecule has 2 aliphatic heterocycles. The molecule has 2 aliphatic carbocycles. The van der Waals surface area contributed by atoms with Gasteiger partial charge in [0.05, 0.1) is 31.6 Å². The van der Waals surface area contributed by atoms with Gasteiger partial charge in [-0.3, -0.25) is 4.79 Å². The monoisotopic (exact) mass is 603 g/mol. The number of esters is 1. The first-order valence-corrected chi connectivity index (χ1v) is 14.8. The van der Waals surface area contributed by atoms with Gasteiger partial charge in [0, 0.05) is 47.3 Å². The Balaban J connectivity index is 1.50. The second-order valence-corrected chi connectivity index (χ2v) is 11.9. The molecule has 3 heterocycles. The van der Waals surface area contributed by atoms with Crippen molar-refractivity contribution >= 4 is 23.8 Å². The molecule has 0 amide bonds. The minimum atomic E-state index is -1.66. The van der Waals surface area contributed by atoms with Crippen molar-refractivity contribution in [2.75, 3.05) is 20.3 Å².